The van der Waals surface area contributed by atoms with Crippen molar-refractivity contribution in [2.45, 2.75) is 38.0 Å². The lowest BCUT2D eigenvalue weighted by Crippen LogP contribution is -2.50. The molecule has 1 aliphatic heterocycles. The maximum atomic E-state index is 13.9. The van der Waals surface area contributed by atoms with Gasteiger partial charge in [0.05, 0.1) is 30.9 Å². The third-order valence-corrected chi connectivity index (χ3v) is 7.30. The van der Waals surface area contributed by atoms with E-state index in [0.717, 1.165) is 36.9 Å². The third-order valence-electron chi connectivity index (χ3n) is 7.30. The van der Waals surface area contributed by atoms with Gasteiger partial charge in [-0.1, -0.05) is 12.1 Å². The van der Waals surface area contributed by atoms with E-state index in [1.54, 1.807) is 43.2 Å². The number of hydrogen-bond acceptors (Lipinski definition) is 7. The van der Waals surface area contributed by atoms with Crippen molar-refractivity contribution in [3.63, 3.8) is 0 Å². The van der Waals surface area contributed by atoms with Gasteiger partial charge >= 0.3 is 5.97 Å². The van der Waals surface area contributed by atoms with Gasteiger partial charge in [0.25, 0.3) is 5.91 Å². The molecule has 2 aliphatic carbocycles. The molecule has 0 unspecified atom stereocenters. The number of nitriles is 1. The average molecular weight is 485 g/mol. The van der Waals surface area contributed by atoms with Crippen molar-refractivity contribution in [2.75, 3.05) is 25.2 Å². The van der Waals surface area contributed by atoms with Gasteiger partial charge < -0.3 is 20.1 Å². The van der Waals surface area contributed by atoms with E-state index in [9.17, 15) is 14.9 Å². The normalized spacial score (nSPS) is 21.6. The van der Waals surface area contributed by atoms with Crippen LogP contribution < -0.4 is 15.4 Å². The molecule has 1 heterocycles. The van der Waals surface area contributed by atoms with Gasteiger partial charge in [0.15, 0.2) is 0 Å². The van der Waals surface area contributed by atoms with E-state index in [4.69, 9.17) is 20.2 Å². The zero-order valence-corrected chi connectivity index (χ0v) is 20.4. The van der Waals surface area contributed by atoms with Crippen molar-refractivity contribution in [2.24, 2.45) is 16.1 Å². The van der Waals surface area contributed by atoms with Crippen molar-refractivity contribution in [1.82, 2.24) is 0 Å². The predicted octanol–water partition coefficient (Wildman–Crippen LogP) is 3.93. The Balaban J connectivity index is 1.58. The van der Waals surface area contributed by atoms with Crippen LogP contribution in [0.1, 0.15) is 38.2 Å². The SMILES string of the molecule is CCOC(=O)C(N)=C1C(=Nc2ccc(OC)cc2)C(=O)N(c2ccc(C3(C#N)CC3)cc2)CC12CC2. The van der Waals surface area contributed by atoms with Crippen LogP contribution in [-0.4, -0.2) is 37.8 Å². The molecule has 8 heteroatoms. The molecule has 1 amide bonds. The number of amides is 1. The van der Waals surface area contributed by atoms with Crippen LogP contribution in [0, 0.1) is 16.7 Å². The van der Waals surface area contributed by atoms with Crippen LogP contribution in [0.3, 0.4) is 0 Å². The third kappa shape index (κ3) is 4.01. The molecule has 36 heavy (non-hydrogen) atoms. The highest BCUT2D eigenvalue weighted by molar-refractivity contribution is 6.51. The van der Waals surface area contributed by atoms with E-state index in [1.165, 1.54) is 0 Å². The molecule has 184 valence electrons. The molecule has 0 radical (unpaired) electrons. The van der Waals surface area contributed by atoms with E-state index in [2.05, 4.69) is 6.07 Å². The summed E-state index contributed by atoms with van der Waals surface area (Å²) in [4.78, 5) is 32.9. The highest BCUT2D eigenvalue weighted by Crippen LogP contribution is 2.56. The first-order valence-electron chi connectivity index (χ1n) is 12.1. The van der Waals surface area contributed by atoms with E-state index in [-0.39, 0.29) is 23.9 Å². The Morgan fingerprint density at radius 2 is 1.78 bits per heavy atom. The molecule has 1 saturated heterocycles. The summed E-state index contributed by atoms with van der Waals surface area (Å²) in [5.74, 6) is -0.306. The van der Waals surface area contributed by atoms with Gasteiger partial charge in [0, 0.05) is 23.2 Å². The van der Waals surface area contributed by atoms with Gasteiger partial charge in [-0.15, -0.1) is 0 Å². The van der Waals surface area contributed by atoms with Gasteiger partial charge in [-0.2, -0.15) is 5.26 Å². The Kier molecular flexibility index (Phi) is 5.79. The molecular weight excluding hydrogens is 456 g/mol. The minimum Gasteiger partial charge on any atom is -0.497 e. The molecular formula is C28H28N4O4. The van der Waals surface area contributed by atoms with Crippen LogP contribution >= 0.6 is 0 Å². The first-order chi connectivity index (χ1) is 17.4. The summed E-state index contributed by atoms with van der Waals surface area (Å²) in [5, 5.41) is 9.53. The number of methoxy groups -OCH3 is 1. The number of aliphatic imine (C=N–C) groups is 1. The second-order valence-electron chi connectivity index (χ2n) is 9.58. The fraction of sp³-hybridized carbons (Fsp3) is 0.357. The molecule has 0 aromatic heterocycles. The van der Waals surface area contributed by atoms with Crippen LogP contribution in [-0.2, 0) is 19.7 Å². The van der Waals surface area contributed by atoms with Crippen molar-refractivity contribution in [1.29, 1.82) is 5.26 Å². The first-order valence-corrected chi connectivity index (χ1v) is 12.1. The number of anilines is 1. The van der Waals surface area contributed by atoms with Gasteiger partial charge in [0.2, 0.25) is 0 Å². The number of carbonyl (C=O) groups is 2. The lowest BCUT2D eigenvalue weighted by molar-refractivity contribution is -0.138. The number of carbonyl (C=O) groups excluding carboxylic acids is 2. The zero-order chi connectivity index (χ0) is 25.5. The minimum absolute atomic E-state index is 0.0605. The number of ether oxygens (including phenoxy) is 2. The molecule has 0 bridgehead atoms. The molecule has 2 aromatic rings. The van der Waals surface area contributed by atoms with E-state index >= 15 is 0 Å². The molecule has 8 nitrogen and oxygen atoms in total. The number of piperidine rings is 1. The van der Waals surface area contributed by atoms with Gasteiger partial charge in [0.1, 0.15) is 17.2 Å². The Labute approximate surface area is 210 Å². The molecule has 2 N–H and O–H groups in total. The maximum Gasteiger partial charge on any atom is 0.354 e. The molecule has 3 fully saturated rings. The fourth-order valence-corrected chi connectivity index (χ4v) is 4.87. The summed E-state index contributed by atoms with van der Waals surface area (Å²) < 4.78 is 10.4. The van der Waals surface area contributed by atoms with E-state index in [1.807, 2.05) is 24.3 Å². The summed E-state index contributed by atoms with van der Waals surface area (Å²) in [5.41, 5.74) is 8.26. The Hall–Kier alpha value is -4.12. The highest BCUT2D eigenvalue weighted by Gasteiger charge is 2.56. The summed E-state index contributed by atoms with van der Waals surface area (Å²) in [6, 6.07) is 17.1. The largest absolute Gasteiger partial charge is 0.497 e. The number of nitrogens with zero attached hydrogens (tertiary/aromatic N) is 3. The molecule has 5 rings (SSSR count). The second kappa shape index (κ2) is 8.83. The molecule has 2 aromatic carbocycles. The Morgan fingerprint density at radius 3 is 2.31 bits per heavy atom. The quantitative estimate of drug-likeness (QED) is 0.490. The predicted molar refractivity (Wildman–Crippen MR) is 135 cm³/mol. The zero-order valence-electron chi connectivity index (χ0n) is 20.4. The number of esters is 1. The van der Waals surface area contributed by atoms with Gasteiger partial charge in [-0.25, -0.2) is 9.79 Å². The van der Waals surface area contributed by atoms with Crippen molar-refractivity contribution >= 4 is 29.0 Å². The van der Waals surface area contributed by atoms with Crippen LogP contribution in [0.4, 0.5) is 11.4 Å². The lowest BCUT2D eigenvalue weighted by atomic mass is 9.84. The lowest BCUT2D eigenvalue weighted by Gasteiger charge is -2.36. The van der Waals surface area contributed by atoms with Crippen LogP contribution in [0.25, 0.3) is 0 Å². The fourth-order valence-electron chi connectivity index (χ4n) is 4.87. The molecule has 1 spiro atoms. The minimum atomic E-state index is -0.641. The number of benzene rings is 2. The molecule has 2 saturated carbocycles. The van der Waals surface area contributed by atoms with Crippen molar-refractivity contribution in [3.05, 3.63) is 65.4 Å². The summed E-state index contributed by atoms with van der Waals surface area (Å²) >= 11 is 0. The van der Waals surface area contributed by atoms with Crippen molar-refractivity contribution in [3.8, 4) is 11.8 Å². The molecule has 3 aliphatic rings. The van der Waals surface area contributed by atoms with Gasteiger partial charge in [-0.3, -0.25) is 4.79 Å². The van der Waals surface area contributed by atoms with Crippen LogP contribution in [0.2, 0.25) is 0 Å². The number of rotatable bonds is 6. The molecule has 0 atom stereocenters. The number of hydrogen-bond donors (Lipinski definition) is 1. The van der Waals surface area contributed by atoms with Crippen LogP contribution in [0.5, 0.6) is 5.75 Å². The van der Waals surface area contributed by atoms with Crippen LogP contribution in [0.15, 0.2) is 64.8 Å². The standard InChI is InChI=1S/C28H28N4O4/c1-3-36-26(34)23(30)22-24(31-19-6-10-21(35-2)11-7-19)25(33)32(17-28(22)14-15-28)20-8-4-18(5-9-20)27(16-29)12-13-27/h4-11H,3,12-15,17,30H2,1-2H3. The second-order valence-corrected chi connectivity index (χ2v) is 9.58. The Bertz CT molecular complexity index is 1310. The topological polar surface area (TPSA) is 118 Å². The van der Waals surface area contributed by atoms with E-state index in [0.29, 0.717) is 23.6 Å². The van der Waals surface area contributed by atoms with Gasteiger partial charge in [-0.05, 0) is 74.6 Å². The summed E-state index contributed by atoms with van der Waals surface area (Å²) in [6.07, 6.45) is 3.27. The summed E-state index contributed by atoms with van der Waals surface area (Å²) in [6.45, 7) is 2.29. The smallest absolute Gasteiger partial charge is 0.354 e. The highest BCUT2D eigenvalue weighted by atomic mass is 16.5. The van der Waals surface area contributed by atoms with E-state index < -0.39 is 16.8 Å². The number of nitrogens with two attached hydrogens (primary N) is 1. The Morgan fingerprint density at radius 1 is 1.11 bits per heavy atom. The van der Waals surface area contributed by atoms with Crippen molar-refractivity contribution < 1.29 is 19.1 Å². The monoisotopic (exact) mass is 484 g/mol. The maximum absolute atomic E-state index is 13.9. The first kappa shape index (κ1) is 23.6. The summed E-state index contributed by atoms with van der Waals surface area (Å²) in [7, 11) is 1.58. The average Bonchev–Trinajstić information content (AvgIpc) is 3.83.